The number of aryl methyl sites for hydroxylation is 1. The van der Waals surface area contributed by atoms with Crippen molar-refractivity contribution >= 4 is 34.3 Å². The number of anilines is 1. The van der Waals surface area contributed by atoms with Crippen LogP contribution in [0.3, 0.4) is 0 Å². The summed E-state index contributed by atoms with van der Waals surface area (Å²) in [5.74, 6) is 0.697. The Balaban J connectivity index is 1.90. The lowest BCUT2D eigenvalue weighted by Crippen LogP contribution is -2.24. The number of rotatable bonds is 2. The summed E-state index contributed by atoms with van der Waals surface area (Å²) < 4.78 is 2.70. The van der Waals surface area contributed by atoms with Crippen molar-refractivity contribution in [3.05, 3.63) is 44.7 Å². The molecule has 6 heteroatoms. The van der Waals surface area contributed by atoms with Crippen LogP contribution in [0.15, 0.2) is 24.3 Å². The topological polar surface area (TPSA) is 59.0 Å². The lowest BCUT2D eigenvalue weighted by Gasteiger charge is -2.13. The van der Waals surface area contributed by atoms with Gasteiger partial charge in [0.05, 0.1) is 11.3 Å². The molecule has 3 rings (SSSR count). The summed E-state index contributed by atoms with van der Waals surface area (Å²) >= 11 is 2.17. The maximum atomic E-state index is 12.4. The lowest BCUT2D eigenvalue weighted by atomic mass is 10.1. The molecule has 1 aromatic carbocycles. The largest absolute Gasteiger partial charge is 0.312 e. The van der Waals surface area contributed by atoms with Crippen LogP contribution in [0.1, 0.15) is 21.6 Å². The number of benzene rings is 1. The Kier molecular flexibility index (Phi) is 3.75. The maximum Gasteiger partial charge on any atom is 0.257 e. The van der Waals surface area contributed by atoms with Crippen LogP contribution in [0, 0.1) is 3.57 Å². The molecule has 2 aromatic rings. The summed E-state index contributed by atoms with van der Waals surface area (Å²) in [6.07, 6.45) is 0.905. The van der Waals surface area contributed by atoms with E-state index in [0.29, 0.717) is 5.56 Å². The van der Waals surface area contributed by atoms with Crippen molar-refractivity contribution in [2.24, 2.45) is 7.05 Å². The number of nitrogens with zero attached hydrogens (tertiary/aromatic N) is 2. The van der Waals surface area contributed by atoms with Gasteiger partial charge in [0.1, 0.15) is 5.82 Å². The fourth-order valence-corrected chi connectivity index (χ4v) is 3.04. The predicted molar refractivity (Wildman–Crippen MR) is 85.7 cm³/mol. The summed E-state index contributed by atoms with van der Waals surface area (Å²) in [5, 5.41) is 10.8. The number of carbonyl (C=O) groups excluding carboxylic acids is 1. The van der Waals surface area contributed by atoms with E-state index in [0.717, 1.165) is 40.2 Å². The molecule has 2 N–H and O–H groups in total. The van der Waals surface area contributed by atoms with E-state index >= 15 is 0 Å². The molecule has 0 saturated carbocycles. The van der Waals surface area contributed by atoms with Crippen molar-refractivity contribution in [1.29, 1.82) is 0 Å². The summed E-state index contributed by atoms with van der Waals surface area (Å²) in [4.78, 5) is 12.4. The second-order valence-electron chi connectivity index (χ2n) is 4.76. The molecule has 0 saturated heterocycles. The molecule has 1 aromatic heterocycles. The van der Waals surface area contributed by atoms with Crippen LogP contribution in [-0.2, 0) is 20.0 Å². The number of hydrogen-bond donors (Lipinski definition) is 2. The van der Waals surface area contributed by atoms with E-state index in [1.807, 2.05) is 31.3 Å². The van der Waals surface area contributed by atoms with Crippen LogP contribution in [0.4, 0.5) is 5.82 Å². The summed E-state index contributed by atoms with van der Waals surface area (Å²) in [7, 11) is 1.86. The average Bonchev–Trinajstić information content (AvgIpc) is 2.76. The number of hydrogen-bond acceptors (Lipinski definition) is 3. The van der Waals surface area contributed by atoms with E-state index < -0.39 is 0 Å². The Bertz CT molecular complexity index is 665. The van der Waals surface area contributed by atoms with E-state index in [1.165, 1.54) is 0 Å². The minimum Gasteiger partial charge on any atom is -0.312 e. The second kappa shape index (κ2) is 5.53. The van der Waals surface area contributed by atoms with Gasteiger partial charge in [0.2, 0.25) is 0 Å². The Morgan fingerprint density at radius 3 is 3.05 bits per heavy atom. The van der Waals surface area contributed by atoms with Crippen LogP contribution in [0.5, 0.6) is 0 Å². The summed E-state index contributed by atoms with van der Waals surface area (Å²) in [6.45, 7) is 1.69. The molecule has 1 aliphatic heterocycles. The Morgan fingerprint density at radius 1 is 1.45 bits per heavy atom. The zero-order valence-corrected chi connectivity index (χ0v) is 13.3. The average molecular weight is 382 g/mol. The van der Waals surface area contributed by atoms with Crippen molar-refractivity contribution in [3.8, 4) is 0 Å². The van der Waals surface area contributed by atoms with E-state index in [1.54, 1.807) is 4.68 Å². The van der Waals surface area contributed by atoms with Gasteiger partial charge < -0.3 is 10.6 Å². The minimum absolute atomic E-state index is 0.0913. The van der Waals surface area contributed by atoms with Gasteiger partial charge in [-0.05, 0) is 34.7 Å². The standard InChI is InChI=1S/C14H15IN4O/c1-19-13(10-8-16-7-6-12(10)18-19)17-14(20)9-4-2-3-5-11(9)15/h2-5,16H,6-8H2,1H3,(H,17,20). The Hall–Kier alpha value is -1.41. The number of fused-ring (bicyclic) bond motifs is 1. The van der Waals surface area contributed by atoms with Gasteiger partial charge in [0, 0.05) is 35.7 Å². The maximum absolute atomic E-state index is 12.4. The van der Waals surface area contributed by atoms with Gasteiger partial charge in [-0.3, -0.25) is 9.48 Å². The van der Waals surface area contributed by atoms with Crippen LogP contribution >= 0.6 is 22.6 Å². The quantitative estimate of drug-likeness (QED) is 0.781. The lowest BCUT2D eigenvalue weighted by molar-refractivity contribution is 0.102. The van der Waals surface area contributed by atoms with Gasteiger partial charge >= 0.3 is 0 Å². The van der Waals surface area contributed by atoms with E-state index in [2.05, 4.69) is 38.3 Å². The van der Waals surface area contributed by atoms with Crippen molar-refractivity contribution in [3.63, 3.8) is 0 Å². The first-order valence-electron chi connectivity index (χ1n) is 6.48. The molecule has 0 spiro atoms. The fraction of sp³-hybridized carbons (Fsp3) is 0.286. The van der Waals surface area contributed by atoms with Gasteiger partial charge in [-0.15, -0.1) is 0 Å². The molecular weight excluding hydrogens is 367 g/mol. The van der Waals surface area contributed by atoms with Gasteiger partial charge in [-0.25, -0.2) is 0 Å². The molecule has 5 nitrogen and oxygen atoms in total. The first-order valence-corrected chi connectivity index (χ1v) is 7.56. The van der Waals surface area contributed by atoms with Gasteiger partial charge in [0.25, 0.3) is 5.91 Å². The van der Waals surface area contributed by atoms with Gasteiger partial charge in [0.15, 0.2) is 0 Å². The van der Waals surface area contributed by atoms with E-state index in [4.69, 9.17) is 0 Å². The number of amides is 1. The van der Waals surface area contributed by atoms with E-state index in [-0.39, 0.29) is 5.91 Å². The summed E-state index contributed by atoms with van der Waals surface area (Å²) in [5.41, 5.74) is 2.86. The van der Waals surface area contributed by atoms with E-state index in [9.17, 15) is 4.79 Å². The molecule has 1 amide bonds. The highest BCUT2D eigenvalue weighted by atomic mass is 127. The molecule has 20 heavy (non-hydrogen) atoms. The van der Waals surface area contributed by atoms with Crippen molar-refractivity contribution < 1.29 is 4.79 Å². The molecule has 0 atom stereocenters. The van der Waals surface area contributed by atoms with Crippen molar-refractivity contribution in [2.45, 2.75) is 13.0 Å². The van der Waals surface area contributed by atoms with Crippen molar-refractivity contribution in [2.75, 3.05) is 11.9 Å². The molecule has 1 aliphatic rings. The predicted octanol–water partition coefficient (Wildman–Crippen LogP) is 1.92. The fourth-order valence-electron chi connectivity index (χ4n) is 2.41. The first kappa shape index (κ1) is 13.6. The summed E-state index contributed by atoms with van der Waals surface area (Å²) in [6, 6.07) is 7.56. The number of carbonyl (C=O) groups is 1. The first-order chi connectivity index (χ1) is 9.66. The highest BCUT2D eigenvalue weighted by molar-refractivity contribution is 14.1. The molecule has 0 bridgehead atoms. The number of nitrogens with one attached hydrogen (secondary N) is 2. The molecule has 0 aliphatic carbocycles. The van der Waals surface area contributed by atoms with Gasteiger partial charge in [-0.1, -0.05) is 12.1 Å². The van der Waals surface area contributed by atoms with Gasteiger partial charge in [-0.2, -0.15) is 5.10 Å². The minimum atomic E-state index is -0.0913. The van der Waals surface area contributed by atoms with Crippen LogP contribution in [0.25, 0.3) is 0 Å². The molecular formula is C14H15IN4O. The molecule has 104 valence electrons. The molecule has 0 fully saturated rings. The zero-order chi connectivity index (χ0) is 14.1. The Labute approximate surface area is 130 Å². The third kappa shape index (κ3) is 2.45. The number of halogens is 1. The van der Waals surface area contributed by atoms with Crippen LogP contribution < -0.4 is 10.6 Å². The molecule has 2 heterocycles. The number of aromatic nitrogens is 2. The third-order valence-corrected chi connectivity index (χ3v) is 4.36. The Morgan fingerprint density at radius 2 is 2.25 bits per heavy atom. The SMILES string of the molecule is Cn1nc2c(c1NC(=O)c1ccccc1I)CNCC2. The third-order valence-electron chi connectivity index (χ3n) is 3.42. The van der Waals surface area contributed by atoms with Crippen LogP contribution in [-0.4, -0.2) is 22.2 Å². The molecule has 0 unspecified atom stereocenters. The van der Waals surface area contributed by atoms with Crippen molar-refractivity contribution in [1.82, 2.24) is 15.1 Å². The smallest absolute Gasteiger partial charge is 0.257 e. The van der Waals surface area contributed by atoms with Crippen LogP contribution in [0.2, 0.25) is 0 Å². The highest BCUT2D eigenvalue weighted by Crippen LogP contribution is 2.23. The monoisotopic (exact) mass is 382 g/mol. The normalized spacial score (nSPS) is 13.9. The zero-order valence-electron chi connectivity index (χ0n) is 11.1. The second-order valence-corrected chi connectivity index (χ2v) is 5.92. The highest BCUT2D eigenvalue weighted by Gasteiger charge is 2.21. The molecule has 0 radical (unpaired) electrons.